The van der Waals surface area contributed by atoms with Crippen LogP contribution in [0.25, 0.3) is 0 Å². The molecular formula is C63H122O17P2. The third kappa shape index (κ3) is 57.2. The fourth-order valence-corrected chi connectivity index (χ4v) is 11.0. The highest BCUT2D eigenvalue weighted by molar-refractivity contribution is 7.47. The van der Waals surface area contributed by atoms with Crippen LogP contribution in [0.5, 0.6) is 0 Å². The molecule has 0 aromatic heterocycles. The lowest BCUT2D eigenvalue weighted by molar-refractivity contribution is -0.161. The van der Waals surface area contributed by atoms with Crippen LogP contribution in [0, 0.1) is 5.92 Å². The van der Waals surface area contributed by atoms with E-state index in [0.717, 1.165) is 102 Å². The molecule has 0 aliphatic rings. The molecule has 0 aliphatic carbocycles. The maximum atomic E-state index is 13.0. The Bertz CT molecular complexity index is 1600. The molecule has 17 nitrogen and oxygen atoms in total. The standard InChI is InChI=1S/C63H122O17P2/c1-6-9-12-15-17-19-21-22-23-24-25-26-28-34-39-44-49-63(68)80-59(53-74-61(66)47-42-37-32-30-29-31-36-40-45-56(4)5)55-78-82(71,72)76-51-57(64)50-75-81(69,70)77-54-58(52-73-60(65)46-41-35-14-11-8-3)79-62(67)48-43-38-33-27-20-18-16-13-10-7-2/h56-59,64H,6-55H2,1-5H3,(H,69,70)(H,71,72)/t57-,58+,59+/m0/s1. The molecule has 0 amide bonds. The Labute approximate surface area is 498 Å². The van der Waals surface area contributed by atoms with E-state index in [-0.39, 0.29) is 25.7 Å². The van der Waals surface area contributed by atoms with Crippen molar-refractivity contribution in [3.63, 3.8) is 0 Å². The van der Waals surface area contributed by atoms with Crippen molar-refractivity contribution >= 4 is 39.5 Å². The second-order valence-corrected chi connectivity index (χ2v) is 26.2. The van der Waals surface area contributed by atoms with Gasteiger partial charge in [-0.1, -0.05) is 266 Å². The Balaban J connectivity index is 5.16. The van der Waals surface area contributed by atoms with Crippen molar-refractivity contribution in [3.8, 4) is 0 Å². The van der Waals surface area contributed by atoms with E-state index in [1.165, 1.54) is 135 Å². The van der Waals surface area contributed by atoms with Crippen molar-refractivity contribution < 1.29 is 80.2 Å². The van der Waals surface area contributed by atoms with Crippen molar-refractivity contribution in [1.29, 1.82) is 0 Å². The summed E-state index contributed by atoms with van der Waals surface area (Å²) in [4.78, 5) is 71.9. The lowest BCUT2D eigenvalue weighted by atomic mass is 10.0. The predicted molar refractivity (Wildman–Crippen MR) is 326 cm³/mol. The fourth-order valence-electron chi connectivity index (χ4n) is 9.41. The normalized spacial score (nSPS) is 14.3. The van der Waals surface area contributed by atoms with Gasteiger partial charge in [0.25, 0.3) is 0 Å². The number of phosphoric ester groups is 2. The molecule has 0 saturated heterocycles. The predicted octanol–water partition coefficient (Wildman–Crippen LogP) is 17.4. The number of carbonyl (C=O) groups excluding carboxylic acids is 4. The minimum Gasteiger partial charge on any atom is -0.462 e. The van der Waals surface area contributed by atoms with E-state index in [9.17, 15) is 43.2 Å². The highest BCUT2D eigenvalue weighted by Crippen LogP contribution is 2.45. The van der Waals surface area contributed by atoms with Crippen molar-refractivity contribution in [3.05, 3.63) is 0 Å². The van der Waals surface area contributed by atoms with Crippen molar-refractivity contribution in [2.45, 2.75) is 335 Å². The molecule has 82 heavy (non-hydrogen) atoms. The maximum Gasteiger partial charge on any atom is 0.472 e. The zero-order valence-corrected chi connectivity index (χ0v) is 54.4. The van der Waals surface area contributed by atoms with Crippen LogP contribution in [0.3, 0.4) is 0 Å². The molecule has 5 atom stereocenters. The molecule has 0 fully saturated rings. The quantitative estimate of drug-likeness (QED) is 0.0222. The Morgan fingerprint density at radius 2 is 0.561 bits per heavy atom. The maximum absolute atomic E-state index is 13.0. The first kappa shape index (κ1) is 80.1. The number of aliphatic hydroxyl groups is 1. The van der Waals surface area contributed by atoms with Gasteiger partial charge in [0.05, 0.1) is 26.4 Å². The van der Waals surface area contributed by atoms with Gasteiger partial charge in [-0.3, -0.25) is 37.3 Å². The summed E-state index contributed by atoms with van der Waals surface area (Å²) in [6.45, 7) is 7.06. The molecule has 0 spiro atoms. The van der Waals surface area contributed by atoms with E-state index in [1.54, 1.807) is 0 Å². The molecule has 0 radical (unpaired) electrons. The van der Waals surface area contributed by atoms with Crippen molar-refractivity contribution in [1.82, 2.24) is 0 Å². The number of hydrogen-bond donors (Lipinski definition) is 3. The largest absolute Gasteiger partial charge is 0.472 e. The molecule has 19 heteroatoms. The molecule has 486 valence electrons. The van der Waals surface area contributed by atoms with Gasteiger partial charge >= 0.3 is 39.5 Å². The summed E-state index contributed by atoms with van der Waals surface area (Å²) >= 11 is 0. The average molecular weight is 1210 g/mol. The van der Waals surface area contributed by atoms with Gasteiger partial charge in [-0.05, 0) is 31.6 Å². The second kappa shape index (κ2) is 56.8. The van der Waals surface area contributed by atoms with Gasteiger partial charge in [0.1, 0.15) is 19.3 Å². The third-order valence-corrected chi connectivity index (χ3v) is 16.4. The fraction of sp³-hybridized carbons (Fsp3) is 0.937. The highest BCUT2D eigenvalue weighted by atomic mass is 31.2. The molecule has 0 aromatic rings. The van der Waals surface area contributed by atoms with Gasteiger partial charge in [0, 0.05) is 25.7 Å². The third-order valence-electron chi connectivity index (χ3n) is 14.5. The number of carbonyl (C=O) groups is 4. The number of aliphatic hydroxyl groups excluding tert-OH is 1. The summed E-state index contributed by atoms with van der Waals surface area (Å²) in [6.07, 6.45) is 40.7. The van der Waals surface area contributed by atoms with Gasteiger partial charge < -0.3 is 33.8 Å². The highest BCUT2D eigenvalue weighted by Gasteiger charge is 2.30. The molecule has 0 rings (SSSR count). The van der Waals surface area contributed by atoms with Crippen molar-refractivity contribution in [2.75, 3.05) is 39.6 Å². The van der Waals surface area contributed by atoms with Crippen LogP contribution in [0.4, 0.5) is 0 Å². The summed E-state index contributed by atoms with van der Waals surface area (Å²) in [5, 5.41) is 10.5. The summed E-state index contributed by atoms with van der Waals surface area (Å²) < 4.78 is 67.8. The number of ether oxygens (including phenoxy) is 4. The van der Waals surface area contributed by atoms with Gasteiger partial charge in [-0.2, -0.15) is 0 Å². The summed E-state index contributed by atoms with van der Waals surface area (Å²) in [6, 6.07) is 0. The van der Waals surface area contributed by atoms with Gasteiger partial charge in [-0.15, -0.1) is 0 Å². The van der Waals surface area contributed by atoms with E-state index in [0.29, 0.717) is 25.7 Å². The topological polar surface area (TPSA) is 237 Å². The Morgan fingerprint density at radius 1 is 0.329 bits per heavy atom. The first-order chi connectivity index (χ1) is 39.5. The van der Waals surface area contributed by atoms with E-state index >= 15 is 0 Å². The van der Waals surface area contributed by atoms with Crippen LogP contribution in [0.15, 0.2) is 0 Å². The number of phosphoric acid groups is 2. The SMILES string of the molecule is CCCCCCCCCCCCCCCCCCC(=O)O[C@H](COC(=O)CCCCCCCCCCC(C)C)COP(=O)(O)OC[C@@H](O)COP(=O)(O)OC[C@@H](COC(=O)CCCCCCC)OC(=O)CCCCCCCCCCCC. The molecule has 0 heterocycles. The Hall–Kier alpha value is -1.94. The molecular weight excluding hydrogens is 1090 g/mol. The van der Waals surface area contributed by atoms with Crippen LogP contribution in [0.2, 0.25) is 0 Å². The second-order valence-electron chi connectivity index (χ2n) is 23.3. The van der Waals surface area contributed by atoms with Gasteiger partial charge in [0.15, 0.2) is 12.2 Å². The lowest BCUT2D eigenvalue weighted by Gasteiger charge is -2.21. The summed E-state index contributed by atoms with van der Waals surface area (Å²) in [5.74, 6) is -1.42. The first-order valence-electron chi connectivity index (χ1n) is 33.1. The van der Waals surface area contributed by atoms with Crippen LogP contribution < -0.4 is 0 Å². The average Bonchev–Trinajstić information content (AvgIpc) is 3.44. The number of esters is 4. The summed E-state index contributed by atoms with van der Waals surface area (Å²) in [7, 11) is -9.87. The van der Waals surface area contributed by atoms with E-state index in [4.69, 9.17) is 37.0 Å². The zero-order chi connectivity index (χ0) is 60.6. The van der Waals surface area contributed by atoms with Crippen LogP contribution in [0.1, 0.15) is 317 Å². The molecule has 0 saturated carbocycles. The molecule has 3 N–H and O–H groups in total. The van der Waals surface area contributed by atoms with Crippen molar-refractivity contribution in [2.24, 2.45) is 5.92 Å². The van der Waals surface area contributed by atoms with E-state index in [1.807, 2.05) is 0 Å². The minimum absolute atomic E-state index is 0.105. The number of unbranched alkanes of at least 4 members (excludes halogenated alkanes) is 35. The van der Waals surface area contributed by atoms with Gasteiger partial charge in [0.2, 0.25) is 0 Å². The monoisotopic (exact) mass is 1210 g/mol. The molecule has 2 unspecified atom stereocenters. The molecule has 0 bridgehead atoms. The molecule has 0 aromatic carbocycles. The smallest absolute Gasteiger partial charge is 0.462 e. The lowest BCUT2D eigenvalue weighted by Crippen LogP contribution is -2.30. The Morgan fingerprint density at radius 3 is 0.829 bits per heavy atom. The molecule has 0 aliphatic heterocycles. The minimum atomic E-state index is -4.94. The number of rotatable bonds is 63. The van der Waals surface area contributed by atoms with Crippen LogP contribution in [-0.2, 0) is 65.4 Å². The van der Waals surface area contributed by atoms with Gasteiger partial charge in [-0.25, -0.2) is 9.13 Å². The Kier molecular flexibility index (Phi) is 55.5. The van der Waals surface area contributed by atoms with Crippen LogP contribution >= 0.6 is 15.6 Å². The van der Waals surface area contributed by atoms with Crippen LogP contribution in [-0.4, -0.2) is 96.7 Å². The van der Waals surface area contributed by atoms with E-state index < -0.39 is 97.5 Å². The zero-order valence-electron chi connectivity index (χ0n) is 52.6. The summed E-state index contributed by atoms with van der Waals surface area (Å²) in [5.41, 5.74) is 0. The number of hydrogen-bond acceptors (Lipinski definition) is 15. The first-order valence-corrected chi connectivity index (χ1v) is 36.1. The van der Waals surface area contributed by atoms with E-state index in [2.05, 4.69) is 34.6 Å².